The van der Waals surface area contributed by atoms with Crippen LogP contribution in [0.3, 0.4) is 0 Å². The van der Waals surface area contributed by atoms with Crippen molar-refractivity contribution in [3.05, 3.63) is 24.2 Å². The van der Waals surface area contributed by atoms with Crippen LogP contribution in [0.25, 0.3) is 0 Å². The quantitative estimate of drug-likeness (QED) is 0.855. The Morgan fingerprint density at radius 3 is 2.61 bits per heavy atom. The van der Waals surface area contributed by atoms with Crippen LogP contribution in [-0.2, 0) is 4.79 Å². The van der Waals surface area contributed by atoms with Crippen molar-refractivity contribution in [2.24, 2.45) is 0 Å². The Kier molecular flexibility index (Phi) is 4.77. The Balaban J connectivity index is 2.40. The third kappa shape index (κ3) is 4.79. The van der Waals surface area contributed by atoms with Crippen molar-refractivity contribution in [3.63, 3.8) is 0 Å². The highest BCUT2D eigenvalue weighted by Gasteiger charge is 2.29. The Morgan fingerprint density at radius 1 is 1.44 bits per heavy atom. The van der Waals surface area contributed by atoms with Gasteiger partial charge in [-0.2, -0.15) is 13.2 Å². The molecular weight excluding hydrogens is 249 g/mol. The lowest BCUT2D eigenvalue weighted by Crippen LogP contribution is -2.45. The molecule has 0 radical (unpaired) electrons. The van der Waals surface area contributed by atoms with E-state index in [1.165, 1.54) is 13.2 Å². The second-order valence-electron chi connectivity index (χ2n) is 3.96. The van der Waals surface area contributed by atoms with Crippen molar-refractivity contribution < 1.29 is 22.4 Å². The molecule has 1 heterocycles. The Hall–Kier alpha value is -1.50. The molecule has 18 heavy (non-hydrogen) atoms. The molecule has 1 aromatic rings. The first-order chi connectivity index (χ1) is 8.29. The van der Waals surface area contributed by atoms with Gasteiger partial charge in [-0.25, -0.2) is 0 Å². The number of carbonyl (C=O) groups is 1. The molecule has 0 aliphatic carbocycles. The van der Waals surface area contributed by atoms with Crippen molar-refractivity contribution >= 4 is 5.91 Å². The molecule has 0 aliphatic heterocycles. The van der Waals surface area contributed by atoms with E-state index in [1.54, 1.807) is 19.1 Å². The van der Waals surface area contributed by atoms with Gasteiger partial charge >= 0.3 is 6.18 Å². The fourth-order valence-electron chi connectivity index (χ4n) is 1.41. The van der Waals surface area contributed by atoms with Gasteiger partial charge in [-0.15, -0.1) is 0 Å². The summed E-state index contributed by atoms with van der Waals surface area (Å²) in [5, 5.41) is 4.66. The molecule has 0 aromatic carbocycles. The molecule has 2 atom stereocenters. The lowest BCUT2D eigenvalue weighted by Gasteiger charge is -2.18. The van der Waals surface area contributed by atoms with E-state index < -0.39 is 24.7 Å². The van der Waals surface area contributed by atoms with Crippen LogP contribution in [0.2, 0.25) is 0 Å². The summed E-state index contributed by atoms with van der Waals surface area (Å²) in [4.78, 5) is 11.4. The zero-order chi connectivity index (χ0) is 13.8. The van der Waals surface area contributed by atoms with Gasteiger partial charge in [0.1, 0.15) is 12.3 Å². The zero-order valence-corrected chi connectivity index (χ0v) is 10.0. The van der Waals surface area contributed by atoms with Gasteiger partial charge in [-0.3, -0.25) is 10.1 Å². The number of hydrogen-bond donors (Lipinski definition) is 2. The monoisotopic (exact) mass is 264 g/mol. The normalized spacial score (nSPS) is 15.2. The van der Waals surface area contributed by atoms with Crippen molar-refractivity contribution in [3.8, 4) is 0 Å². The van der Waals surface area contributed by atoms with Gasteiger partial charge in [-0.05, 0) is 26.0 Å². The number of halogens is 3. The van der Waals surface area contributed by atoms with Gasteiger partial charge in [0.25, 0.3) is 0 Å². The van der Waals surface area contributed by atoms with Crippen LogP contribution in [0.4, 0.5) is 13.2 Å². The van der Waals surface area contributed by atoms with Crippen molar-refractivity contribution in [1.29, 1.82) is 0 Å². The maximum Gasteiger partial charge on any atom is 0.405 e. The van der Waals surface area contributed by atoms with Crippen LogP contribution >= 0.6 is 0 Å². The first-order valence-electron chi connectivity index (χ1n) is 5.43. The lowest BCUT2D eigenvalue weighted by molar-refractivity contribution is -0.139. The fraction of sp³-hybridized carbons (Fsp3) is 0.545. The highest BCUT2D eigenvalue weighted by molar-refractivity contribution is 5.81. The Bertz CT molecular complexity index is 376. The summed E-state index contributed by atoms with van der Waals surface area (Å²) >= 11 is 0. The SMILES string of the molecule is CC(N[C@@H](C)c1ccco1)C(=O)NCC(F)(F)F. The minimum absolute atomic E-state index is 0.258. The zero-order valence-electron chi connectivity index (χ0n) is 10.0. The molecule has 102 valence electrons. The van der Waals surface area contributed by atoms with E-state index in [9.17, 15) is 18.0 Å². The topological polar surface area (TPSA) is 54.3 Å². The molecule has 0 fully saturated rings. The first-order valence-corrected chi connectivity index (χ1v) is 5.43. The molecule has 0 bridgehead atoms. The molecular formula is C11H15F3N2O2. The highest BCUT2D eigenvalue weighted by atomic mass is 19.4. The van der Waals surface area contributed by atoms with Crippen molar-refractivity contribution in [2.75, 3.05) is 6.54 Å². The maximum atomic E-state index is 11.9. The lowest BCUT2D eigenvalue weighted by atomic mass is 10.2. The maximum absolute atomic E-state index is 11.9. The summed E-state index contributed by atoms with van der Waals surface area (Å²) in [6.45, 7) is 1.92. The summed E-state index contributed by atoms with van der Waals surface area (Å²) in [5.74, 6) is -0.0868. The number of rotatable bonds is 5. The molecule has 1 aromatic heterocycles. The number of amides is 1. The molecule has 2 N–H and O–H groups in total. The van der Waals surface area contributed by atoms with Gasteiger partial charge in [0.05, 0.1) is 18.3 Å². The molecule has 7 heteroatoms. The average Bonchev–Trinajstić information content (AvgIpc) is 2.77. The number of nitrogens with one attached hydrogen (secondary N) is 2. The number of hydrogen-bond acceptors (Lipinski definition) is 3. The summed E-state index contributed by atoms with van der Waals surface area (Å²) in [6.07, 6.45) is -2.91. The van der Waals surface area contributed by atoms with Crippen LogP contribution in [0.15, 0.2) is 22.8 Å². The van der Waals surface area contributed by atoms with Crippen LogP contribution in [0.1, 0.15) is 25.6 Å². The summed E-state index contributed by atoms with van der Waals surface area (Å²) in [7, 11) is 0. The van der Waals surface area contributed by atoms with E-state index in [0.29, 0.717) is 5.76 Å². The number of furan rings is 1. The molecule has 0 saturated heterocycles. The van der Waals surface area contributed by atoms with Crippen LogP contribution < -0.4 is 10.6 Å². The Labute approximate surface area is 103 Å². The van der Waals surface area contributed by atoms with Gasteiger partial charge in [0.15, 0.2) is 0 Å². The van der Waals surface area contributed by atoms with E-state index in [4.69, 9.17) is 4.42 Å². The molecule has 1 rings (SSSR count). The van der Waals surface area contributed by atoms with Crippen LogP contribution in [-0.4, -0.2) is 24.7 Å². The van der Waals surface area contributed by atoms with Crippen molar-refractivity contribution in [1.82, 2.24) is 10.6 Å². The predicted octanol–water partition coefficient (Wildman–Crippen LogP) is 2.00. The summed E-state index contributed by atoms with van der Waals surface area (Å²) < 4.78 is 40.9. The Morgan fingerprint density at radius 2 is 2.11 bits per heavy atom. The molecule has 0 aliphatic rings. The third-order valence-electron chi connectivity index (χ3n) is 2.33. The predicted molar refractivity (Wildman–Crippen MR) is 58.8 cm³/mol. The smallest absolute Gasteiger partial charge is 0.405 e. The highest BCUT2D eigenvalue weighted by Crippen LogP contribution is 2.14. The third-order valence-corrected chi connectivity index (χ3v) is 2.33. The number of alkyl halides is 3. The minimum atomic E-state index is -4.40. The van der Waals surface area contributed by atoms with Gasteiger partial charge in [0.2, 0.25) is 5.91 Å². The number of carbonyl (C=O) groups excluding carboxylic acids is 1. The van der Waals surface area contributed by atoms with E-state index >= 15 is 0 Å². The van der Waals surface area contributed by atoms with Crippen molar-refractivity contribution in [2.45, 2.75) is 32.1 Å². The second kappa shape index (κ2) is 5.90. The molecule has 0 saturated carbocycles. The molecule has 1 amide bonds. The van der Waals surface area contributed by atoms with Crippen LogP contribution in [0, 0.1) is 0 Å². The second-order valence-corrected chi connectivity index (χ2v) is 3.96. The van der Waals surface area contributed by atoms with Gasteiger partial charge in [-0.1, -0.05) is 0 Å². The fourth-order valence-corrected chi connectivity index (χ4v) is 1.41. The molecule has 0 spiro atoms. The largest absolute Gasteiger partial charge is 0.468 e. The average molecular weight is 264 g/mol. The van der Waals surface area contributed by atoms with E-state index in [0.717, 1.165) is 0 Å². The summed E-state index contributed by atoms with van der Waals surface area (Å²) in [6, 6.07) is 2.42. The minimum Gasteiger partial charge on any atom is -0.468 e. The van der Waals surface area contributed by atoms with Gasteiger partial charge in [0, 0.05) is 0 Å². The molecule has 4 nitrogen and oxygen atoms in total. The van der Waals surface area contributed by atoms with Crippen LogP contribution in [0.5, 0.6) is 0 Å². The van der Waals surface area contributed by atoms with E-state index in [2.05, 4.69) is 5.32 Å². The standard InChI is InChI=1S/C11H15F3N2O2/c1-7(9-4-3-5-18-9)16-8(2)10(17)15-6-11(12,13)14/h3-5,7-8,16H,6H2,1-2H3,(H,15,17)/t7-,8?/m0/s1. The first kappa shape index (κ1) is 14.6. The molecule has 1 unspecified atom stereocenters. The summed E-state index contributed by atoms with van der Waals surface area (Å²) in [5.41, 5.74) is 0. The van der Waals surface area contributed by atoms with E-state index in [1.807, 2.05) is 5.32 Å². The van der Waals surface area contributed by atoms with Gasteiger partial charge < -0.3 is 9.73 Å². The van der Waals surface area contributed by atoms with E-state index in [-0.39, 0.29) is 6.04 Å².